The Labute approximate surface area is 132 Å². The van der Waals surface area contributed by atoms with E-state index in [1.54, 1.807) is 0 Å². The molecule has 0 fully saturated rings. The highest BCUT2D eigenvalue weighted by atomic mass is 19.2. The topological polar surface area (TPSA) is 55.1 Å². The Bertz CT molecular complexity index is 904. The fourth-order valence-electron chi connectivity index (χ4n) is 2.04. The number of nitrogens with one attached hydrogen (secondary N) is 1. The second-order valence-electron chi connectivity index (χ2n) is 4.75. The van der Waals surface area contributed by atoms with E-state index in [4.69, 9.17) is 4.52 Å². The highest BCUT2D eigenvalue weighted by Crippen LogP contribution is 2.27. The minimum Gasteiger partial charge on any atom is -0.355 e. The lowest BCUT2D eigenvalue weighted by molar-refractivity contribution is 0.102. The molecule has 1 heterocycles. The van der Waals surface area contributed by atoms with E-state index in [1.165, 1.54) is 6.07 Å². The van der Waals surface area contributed by atoms with Crippen LogP contribution in [0.1, 0.15) is 10.4 Å². The van der Waals surface area contributed by atoms with Gasteiger partial charge in [0.15, 0.2) is 17.4 Å². The Morgan fingerprint density at radius 2 is 1.67 bits per heavy atom. The average molecular weight is 336 g/mol. The maximum Gasteiger partial charge on any atom is 0.261 e. The van der Waals surface area contributed by atoms with Gasteiger partial charge in [-0.05, 0) is 30.3 Å². The molecule has 0 unspecified atom stereocenters. The van der Waals surface area contributed by atoms with Crippen molar-refractivity contribution in [2.75, 3.05) is 5.32 Å². The van der Waals surface area contributed by atoms with Crippen LogP contribution in [0.3, 0.4) is 0 Å². The van der Waals surface area contributed by atoms with Crippen LogP contribution in [0.5, 0.6) is 0 Å². The third-order valence-corrected chi connectivity index (χ3v) is 3.20. The molecule has 1 N–H and O–H groups in total. The van der Waals surface area contributed by atoms with Crippen LogP contribution in [-0.4, -0.2) is 11.1 Å². The molecule has 8 heteroatoms. The normalized spacial score (nSPS) is 10.7. The van der Waals surface area contributed by atoms with Crippen molar-refractivity contribution < 1.29 is 26.9 Å². The molecular weight excluding hydrogens is 328 g/mol. The number of rotatable bonds is 3. The van der Waals surface area contributed by atoms with Gasteiger partial charge in [0.1, 0.15) is 22.9 Å². The van der Waals surface area contributed by atoms with Crippen molar-refractivity contribution in [1.29, 1.82) is 0 Å². The minimum atomic E-state index is -1.14. The van der Waals surface area contributed by atoms with E-state index in [2.05, 4.69) is 10.5 Å². The van der Waals surface area contributed by atoms with Gasteiger partial charge in [-0.2, -0.15) is 0 Å². The largest absolute Gasteiger partial charge is 0.355 e. The summed E-state index contributed by atoms with van der Waals surface area (Å²) in [6.45, 7) is 0. The molecule has 2 aromatic carbocycles. The SMILES string of the molecule is O=C(Nc1c(F)cccc1F)c1cnoc1-c1ccc(F)c(F)c1. The summed E-state index contributed by atoms with van der Waals surface area (Å²) >= 11 is 0. The number of carbonyl (C=O) groups excluding carboxylic acids is 1. The van der Waals surface area contributed by atoms with Crippen LogP contribution in [0, 0.1) is 23.3 Å². The molecule has 0 radical (unpaired) electrons. The zero-order valence-electron chi connectivity index (χ0n) is 11.8. The second kappa shape index (κ2) is 6.15. The Morgan fingerprint density at radius 1 is 0.958 bits per heavy atom. The average Bonchev–Trinajstić information content (AvgIpc) is 3.03. The molecule has 3 rings (SSSR count). The predicted octanol–water partition coefficient (Wildman–Crippen LogP) is 4.15. The van der Waals surface area contributed by atoms with Crippen LogP contribution in [-0.2, 0) is 0 Å². The van der Waals surface area contributed by atoms with Gasteiger partial charge in [-0.25, -0.2) is 17.6 Å². The molecule has 0 spiro atoms. The fraction of sp³-hybridized carbons (Fsp3) is 0. The van der Waals surface area contributed by atoms with Gasteiger partial charge >= 0.3 is 0 Å². The first kappa shape index (κ1) is 15.7. The fourth-order valence-corrected chi connectivity index (χ4v) is 2.04. The number of aromatic nitrogens is 1. The maximum atomic E-state index is 13.6. The summed E-state index contributed by atoms with van der Waals surface area (Å²) in [4.78, 5) is 12.2. The molecule has 24 heavy (non-hydrogen) atoms. The van der Waals surface area contributed by atoms with Crippen molar-refractivity contribution in [3.05, 3.63) is 71.4 Å². The van der Waals surface area contributed by atoms with Crippen LogP contribution < -0.4 is 5.32 Å². The summed E-state index contributed by atoms with van der Waals surface area (Å²) in [6.07, 6.45) is 1.00. The van der Waals surface area contributed by atoms with E-state index in [-0.39, 0.29) is 16.9 Å². The van der Waals surface area contributed by atoms with Gasteiger partial charge in [0.2, 0.25) is 0 Å². The summed E-state index contributed by atoms with van der Waals surface area (Å²) in [5.74, 6) is -5.22. The highest BCUT2D eigenvalue weighted by molar-refractivity contribution is 6.07. The standard InChI is InChI=1S/C16H8F4N2O2/c17-10-5-4-8(6-13(10)20)15-9(7-21-24-15)16(23)22-14-11(18)2-1-3-12(14)19/h1-7H,(H,22,23). The van der Waals surface area contributed by atoms with Crippen molar-refractivity contribution in [3.63, 3.8) is 0 Å². The molecule has 122 valence electrons. The Kier molecular flexibility index (Phi) is 4.03. The summed E-state index contributed by atoms with van der Waals surface area (Å²) in [5, 5.41) is 5.48. The van der Waals surface area contributed by atoms with Gasteiger partial charge in [0, 0.05) is 5.56 Å². The van der Waals surface area contributed by atoms with Crippen LogP contribution in [0.25, 0.3) is 11.3 Å². The highest BCUT2D eigenvalue weighted by Gasteiger charge is 2.21. The number of hydrogen-bond acceptors (Lipinski definition) is 3. The number of amides is 1. The summed E-state index contributed by atoms with van der Waals surface area (Å²) in [7, 11) is 0. The molecular formula is C16H8F4N2O2. The van der Waals surface area contributed by atoms with Gasteiger partial charge in [-0.1, -0.05) is 11.2 Å². The monoisotopic (exact) mass is 336 g/mol. The summed E-state index contributed by atoms with van der Waals surface area (Å²) in [5.41, 5.74) is -0.783. The van der Waals surface area contributed by atoms with Gasteiger partial charge in [0.25, 0.3) is 5.91 Å². The van der Waals surface area contributed by atoms with Gasteiger partial charge in [-0.15, -0.1) is 0 Å². The van der Waals surface area contributed by atoms with Gasteiger partial charge in [0.05, 0.1) is 6.20 Å². The first-order chi connectivity index (χ1) is 11.5. The van der Waals surface area contributed by atoms with Crippen LogP contribution in [0.15, 0.2) is 47.1 Å². The number of anilines is 1. The quantitative estimate of drug-likeness (QED) is 0.731. The molecule has 1 aromatic heterocycles. The number of carbonyl (C=O) groups is 1. The van der Waals surface area contributed by atoms with Crippen molar-refractivity contribution in [2.45, 2.75) is 0 Å². The van der Waals surface area contributed by atoms with Crippen LogP contribution >= 0.6 is 0 Å². The van der Waals surface area contributed by atoms with Crippen LogP contribution in [0.2, 0.25) is 0 Å². The predicted molar refractivity (Wildman–Crippen MR) is 76.2 cm³/mol. The van der Waals surface area contributed by atoms with Gasteiger partial charge in [-0.3, -0.25) is 4.79 Å². The third-order valence-electron chi connectivity index (χ3n) is 3.20. The zero-order valence-corrected chi connectivity index (χ0v) is 11.8. The summed E-state index contributed by atoms with van der Waals surface area (Å²) in [6, 6.07) is 5.94. The van der Waals surface area contributed by atoms with E-state index in [0.717, 1.165) is 36.5 Å². The first-order valence-corrected chi connectivity index (χ1v) is 6.63. The zero-order chi connectivity index (χ0) is 17.3. The van der Waals surface area contributed by atoms with Crippen molar-refractivity contribution in [2.24, 2.45) is 0 Å². The lowest BCUT2D eigenvalue weighted by Gasteiger charge is -2.07. The number of para-hydroxylation sites is 1. The minimum absolute atomic E-state index is 0.0468. The lowest BCUT2D eigenvalue weighted by Crippen LogP contribution is -2.14. The molecule has 0 aliphatic rings. The van der Waals surface area contributed by atoms with Crippen LogP contribution in [0.4, 0.5) is 23.2 Å². The molecule has 4 nitrogen and oxygen atoms in total. The van der Waals surface area contributed by atoms with E-state index >= 15 is 0 Å². The number of benzene rings is 2. The number of nitrogens with zero attached hydrogens (tertiary/aromatic N) is 1. The molecule has 0 bridgehead atoms. The van der Waals surface area contributed by atoms with Gasteiger partial charge < -0.3 is 9.84 Å². The van der Waals surface area contributed by atoms with Crippen molar-refractivity contribution >= 4 is 11.6 Å². The number of hydrogen-bond donors (Lipinski definition) is 1. The molecule has 0 saturated heterocycles. The number of halogens is 4. The van der Waals surface area contributed by atoms with E-state index in [1.807, 2.05) is 0 Å². The maximum absolute atomic E-state index is 13.6. The molecule has 1 amide bonds. The molecule has 0 saturated carbocycles. The molecule has 0 aliphatic heterocycles. The Balaban J connectivity index is 1.95. The smallest absolute Gasteiger partial charge is 0.261 e. The van der Waals surface area contributed by atoms with E-state index in [9.17, 15) is 22.4 Å². The molecule has 0 atom stereocenters. The summed E-state index contributed by atoms with van der Waals surface area (Å²) < 4.78 is 58.4. The van der Waals surface area contributed by atoms with Crippen molar-refractivity contribution in [3.8, 4) is 11.3 Å². The van der Waals surface area contributed by atoms with E-state index in [0.29, 0.717) is 0 Å². The van der Waals surface area contributed by atoms with Crippen molar-refractivity contribution in [1.82, 2.24) is 5.16 Å². The van der Waals surface area contributed by atoms with E-state index < -0.39 is 34.9 Å². The first-order valence-electron chi connectivity index (χ1n) is 6.63. The molecule has 0 aliphatic carbocycles. The molecule has 3 aromatic rings. The Hall–Kier alpha value is -3.16. The third kappa shape index (κ3) is 2.85. The lowest BCUT2D eigenvalue weighted by atomic mass is 10.1. The Morgan fingerprint density at radius 3 is 2.33 bits per heavy atom. The second-order valence-corrected chi connectivity index (χ2v) is 4.75.